The lowest BCUT2D eigenvalue weighted by atomic mass is 9.70. The molecule has 5 heteroatoms. The first-order valence-electron chi connectivity index (χ1n) is 4.83. The van der Waals surface area contributed by atoms with Gasteiger partial charge in [-0.05, 0) is 18.3 Å². The molecule has 76 valence electrons. The van der Waals surface area contributed by atoms with Crippen LogP contribution < -0.4 is 5.32 Å². The Morgan fingerprint density at radius 1 is 1.71 bits per heavy atom. The van der Waals surface area contributed by atoms with Crippen LogP contribution in [0.4, 0.5) is 0 Å². The average Bonchev–Trinajstić information content (AvgIpc) is 2.63. The second-order valence-corrected chi connectivity index (χ2v) is 4.18. The van der Waals surface area contributed by atoms with E-state index < -0.39 is 0 Å². The molecular formula is C9H14N4O. The number of hydrogen-bond donors (Lipinski definition) is 2. The number of nitrogens with zero attached hydrogens (tertiary/aromatic N) is 2. The van der Waals surface area contributed by atoms with Crippen molar-refractivity contribution in [3.63, 3.8) is 0 Å². The number of hydrogen-bond acceptors (Lipinski definition) is 3. The van der Waals surface area contributed by atoms with Crippen LogP contribution >= 0.6 is 0 Å². The van der Waals surface area contributed by atoms with E-state index in [2.05, 4.69) is 27.4 Å². The van der Waals surface area contributed by atoms with E-state index in [4.69, 9.17) is 0 Å². The van der Waals surface area contributed by atoms with E-state index in [-0.39, 0.29) is 11.7 Å². The summed E-state index contributed by atoms with van der Waals surface area (Å²) in [5.41, 5.74) is 0.301. The maximum absolute atomic E-state index is 11.4. The number of aromatic amines is 1. The minimum atomic E-state index is -0.171. The number of carbonyl (C=O) groups is 1. The van der Waals surface area contributed by atoms with Crippen LogP contribution in [0.15, 0.2) is 6.33 Å². The van der Waals surface area contributed by atoms with Gasteiger partial charge in [-0.2, -0.15) is 5.10 Å². The third kappa shape index (κ3) is 1.76. The Morgan fingerprint density at radius 3 is 3.00 bits per heavy atom. The monoisotopic (exact) mass is 194 g/mol. The maximum Gasteiger partial charge on any atom is 0.288 e. The normalized spacial score (nSPS) is 18.6. The summed E-state index contributed by atoms with van der Waals surface area (Å²) in [6.45, 7) is 2.92. The van der Waals surface area contributed by atoms with Crippen LogP contribution in [0.5, 0.6) is 0 Å². The predicted molar refractivity (Wildman–Crippen MR) is 50.7 cm³/mol. The Labute approximate surface area is 82.3 Å². The van der Waals surface area contributed by atoms with Crippen molar-refractivity contribution in [2.45, 2.75) is 26.2 Å². The molecular weight excluding hydrogens is 180 g/mol. The fourth-order valence-electron chi connectivity index (χ4n) is 1.65. The van der Waals surface area contributed by atoms with E-state index in [0.717, 1.165) is 6.54 Å². The molecule has 0 atom stereocenters. The minimum absolute atomic E-state index is 0.171. The van der Waals surface area contributed by atoms with E-state index in [1.807, 2.05) is 0 Å². The molecule has 0 spiro atoms. The van der Waals surface area contributed by atoms with Crippen molar-refractivity contribution in [2.75, 3.05) is 6.54 Å². The van der Waals surface area contributed by atoms with Gasteiger partial charge >= 0.3 is 0 Å². The second kappa shape index (κ2) is 3.40. The summed E-state index contributed by atoms with van der Waals surface area (Å²) in [6.07, 6.45) is 5.00. The standard InChI is InChI=1S/C9H14N4O/c1-9(3-2-4-9)5-10-8(14)7-11-6-12-13-7/h6H,2-5H2,1H3,(H,10,14)(H,11,12,13). The molecule has 1 aromatic rings. The summed E-state index contributed by atoms with van der Waals surface area (Å²) in [6, 6.07) is 0. The van der Waals surface area contributed by atoms with Crippen LogP contribution in [0.3, 0.4) is 0 Å². The Balaban J connectivity index is 1.84. The molecule has 2 rings (SSSR count). The van der Waals surface area contributed by atoms with Crippen LogP contribution in [0.25, 0.3) is 0 Å². The van der Waals surface area contributed by atoms with E-state index in [1.54, 1.807) is 0 Å². The van der Waals surface area contributed by atoms with Crippen LogP contribution in [0.1, 0.15) is 36.8 Å². The molecule has 0 radical (unpaired) electrons. The topological polar surface area (TPSA) is 70.7 Å². The number of amides is 1. The third-order valence-electron chi connectivity index (χ3n) is 2.87. The van der Waals surface area contributed by atoms with Crippen molar-refractivity contribution < 1.29 is 4.79 Å². The summed E-state index contributed by atoms with van der Waals surface area (Å²) >= 11 is 0. The van der Waals surface area contributed by atoms with Gasteiger partial charge in [0.25, 0.3) is 5.91 Å². The summed E-state index contributed by atoms with van der Waals surface area (Å²) in [7, 11) is 0. The lowest BCUT2D eigenvalue weighted by Crippen LogP contribution is -2.40. The van der Waals surface area contributed by atoms with E-state index in [1.165, 1.54) is 25.6 Å². The molecule has 1 aliphatic rings. The van der Waals surface area contributed by atoms with Gasteiger partial charge in [0.05, 0.1) is 0 Å². The quantitative estimate of drug-likeness (QED) is 0.745. The van der Waals surface area contributed by atoms with Gasteiger partial charge in [-0.1, -0.05) is 13.3 Å². The maximum atomic E-state index is 11.4. The zero-order valence-electron chi connectivity index (χ0n) is 8.21. The number of nitrogens with one attached hydrogen (secondary N) is 2. The second-order valence-electron chi connectivity index (χ2n) is 4.18. The molecule has 0 bridgehead atoms. The van der Waals surface area contributed by atoms with Gasteiger partial charge in [0.2, 0.25) is 5.82 Å². The number of carbonyl (C=O) groups excluding carboxylic acids is 1. The van der Waals surface area contributed by atoms with Gasteiger partial charge in [0, 0.05) is 6.54 Å². The smallest absolute Gasteiger partial charge is 0.288 e. The molecule has 1 amide bonds. The molecule has 5 nitrogen and oxygen atoms in total. The molecule has 1 fully saturated rings. The van der Waals surface area contributed by atoms with Crippen LogP contribution in [-0.2, 0) is 0 Å². The highest BCUT2D eigenvalue weighted by Crippen LogP contribution is 2.39. The number of aromatic nitrogens is 3. The van der Waals surface area contributed by atoms with Crippen molar-refractivity contribution in [1.29, 1.82) is 0 Å². The zero-order valence-corrected chi connectivity index (χ0v) is 8.21. The van der Waals surface area contributed by atoms with Gasteiger partial charge in [-0.3, -0.25) is 9.89 Å². The number of H-pyrrole nitrogens is 1. The van der Waals surface area contributed by atoms with Crippen molar-refractivity contribution in [1.82, 2.24) is 20.5 Å². The molecule has 1 aliphatic carbocycles. The predicted octanol–water partition coefficient (Wildman–Crippen LogP) is 0.725. The van der Waals surface area contributed by atoms with Crippen molar-refractivity contribution in [3.05, 3.63) is 12.2 Å². The van der Waals surface area contributed by atoms with E-state index in [9.17, 15) is 4.79 Å². The minimum Gasteiger partial charge on any atom is -0.349 e. The zero-order chi connectivity index (χ0) is 10.0. The fourth-order valence-corrected chi connectivity index (χ4v) is 1.65. The highest BCUT2D eigenvalue weighted by Gasteiger charge is 2.32. The molecule has 2 N–H and O–H groups in total. The molecule has 14 heavy (non-hydrogen) atoms. The van der Waals surface area contributed by atoms with E-state index >= 15 is 0 Å². The first-order chi connectivity index (χ1) is 6.70. The van der Waals surface area contributed by atoms with Crippen molar-refractivity contribution in [2.24, 2.45) is 5.41 Å². The van der Waals surface area contributed by atoms with E-state index in [0.29, 0.717) is 5.41 Å². The molecule has 1 heterocycles. The van der Waals surface area contributed by atoms with Gasteiger partial charge < -0.3 is 5.32 Å². The lowest BCUT2D eigenvalue weighted by Gasteiger charge is -2.38. The average molecular weight is 194 g/mol. The van der Waals surface area contributed by atoms with Crippen LogP contribution in [0.2, 0.25) is 0 Å². The summed E-state index contributed by atoms with van der Waals surface area (Å²) in [5.74, 6) is 0.114. The lowest BCUT2D eigenvalue weighted by molar-refractivity contribution is 0.0881. The summed E-state index contributed by atoms with van der Waals surface area (Å²) in [5, 5.41) is 9.02. The highest BCUT2D eigenvalue weighted by atomic mass is 16.2. The fraction of sp³-hybridized carbons (Fsp3) is 0.667. The van der Waals surface area contributed by atoms with Gasteiger partial charge in [0.15, 0.2) is 0 Å². The summed E-state index contributed by atoms with van der Waals surface area (Å²) < 4.78 is 0. The molecule has 1 saturated carbocycles. The SMILES string of the molecule is CC1(CNC(=O)c2ncn[nH]2)CCC1. The largest absolute Gasteiger partial charge is 0.349 e. The molecule has 0 aliphatic heterocycles. The molecule has 0 aromatic carbocycles. The Morgan fingerprint density at radius 2 is 2.50 bits per heavy atom. The Bertz CT molecular complexity index is 316. The Kier molecular flexibility index (Phi) is 2.23. The van der Waals surface area contributed by atoms with Crippen LogP contribution in [0, 0.1) is 5.41 Å². The van der Waals surface area contributed by atoms with Crippen molar-refractivity contribution >= 4 is 5.91 Å². The van der Waals surface area contributed by atoms with Crippen molar-refractivity contribution in [3.8, 4) is 0 Å². The van der Waals surface area contributed by atoms with Gasteiger partial charge in [-0.15, -0.1) is 0 Å². The summed E-state index contributed by atoms with van der Waals surface area (Å²) in [4.78, 5) is 15.2. The third-order valence-corrected chi connectivity index (χ3v) is 2.87. The van der Waals surface area contributed by atoms with Crippen LogP contribution in [-0.4, -0.2) is 27.6 Å². The first-order valence-corrected chi connectivity index (χ1v) is 4.83. The molecule has 0 saturated heterocycles. The highest BCUT2D eigenvalue weighted by molar-refractivity contribution is 5.90. The van der Waals surface area contributed by atoms with Gasteiger partial charge in [0.1, 0.15) is 6.33 Å². The molecule has 1 aromatic heterocycles. The first kappa shape index (κ1) is 9.18. The number of rotatable bonds is 3. The molecule has 0 unspecified atom stereocenters. The van der Waals surface area contributed by atoms with Gasteiger partial charge in [-0.25, -0.2) is 4.98 Å². The Hall–Kier alpha value is -1.39.